The molecule has 4 aromatic rings. The smallest absolute Gasteiger partial charge is 0.333 e. The summed E-state index contributed by atoms with van der Waals surface area (Å²) in [6.07, 6.45) is 4.27. The van der Waals surface area contributed by atoms with Gasteiger partial charge >= 0.3 is 6.03 Å². The summed E-state index contributed by atoms with van der Waals surface area (Å²) in [4.78, 5) is 16.4. The molecule has 2 unspecified atom stereocenters. The van der Waals surface area contributed by atoms with Crippen LogP contribution in [0.5, 0.6) is 5.75 Å². The summed E-state index contributed by atoms with van der Waals surface area (Å²) in [5, 5.41) is 16.1. The molecule has 2 atom stereocenters. The van der Waals surface area contributed by atoms with Crippen molar-refractivity contribution in [3.8, 4) is 16.9 Å². The number of sulfonamides is 1. The van der Waals surface area contributed by atoms with E-state index in [1.54, 1.807) is 42.7 Å². The number of anilines is 1. The van der Waals surface area contributed by atoms with Gasteiger partial charge < -0.3 is 20.5 Å². The molecule has 1 aliphatic rings. The van der Waals surface area contributed by atoms with E-state index in [-0.39, 0.29) is 11.0 Å². The van der Waals surface area contributed by atoms with Crippen molar-refractivity contribution in [2.45, 2.75) is 36.9 Å². The quantitative estimate of drug-likeness (QED) is 0.231. The molecule has 41 heavy (non-hydrogen) atoms. The van der Waals surface area contributed by atoms with Crippen LogP contribution in [0.25, 0.3) is 11.1 Å². The van der Waals surface area contributed by atoms with E-state index >= 15 is 0 Å². The number of rotatable bonds is 9. The third-order valence-corrected chi connectivity index (χ3v) is 8.21. The largest absolute Gasteiger partial charge is 0.489 e. The monoisotopic (exact) mass is 572 g/mol. The van der Waals surface area contributed by atoms with Gasteiger partial charge in [0.1, 0.15) is 11.9 Å². The molecule has 0 aliphatic carbocycles. The number of carbonyl (C=O) groups excluding carboxylic acids is 1. The fourth-order valence-electron chi connectivity index (χ4n) is 4.66. The highest BCUT2D eigenvalue weighted by Gasteiger charge is 2.22. The normalized spacial score (nSPS) is 15.3. The Bertz CT molecular complexity index is 1610. The summed E-state index contributed by atoms with van der Waals surface area (Å²) < 4.78 is 34.1. The standard InChI is InChI=1S/C31H32N4O5S/c1-21-7-11-26(12-8-21)34-31(37)35-41(38,39)28-6-2-4-22(17-28)23-10-14-30-24(16-23)9-13-27(40-30)19-33-20-29(36)25-5-3-15-32-18-25/h2-8,10-12,14-18,27,29,33,36H,9,13,19-20H2,1H3,(H2,34,35,37). The second-order valence-electron chi connectivity index (χ2n) is 10.0. The highest BCUT2D eigenvalue weighted by molar-refractivity contribution is 7.90. The molecule has 9 nitrogen and oxygen atoms in total. The number of aliphatic hydroxyl groups is 1. The Hall–Kier alpha value is -4.25. The molecule has 0 saturated carbocycles. The lowest BCUT2D eigenvalue weighted by Gasteiger charge is -2.27. The number of aromatic nitrogens is 1. The van der Waals surface area contributed by atoms with Gasteiger partial charge in [-0.3, -0.25) is 4.98 Å². The molecule has 2 heterocycles. The minimum Gasteiger partial charge on any atom is -0.489 e. The Balaban J connectivity index is 1.19. The van der Waals surface area contributed by atoms with Crippen LogP contribution in [0, 0.1) is 6.92 Å². The average molecular weight is 573 g/mol. The zero-order valence-corrected chi connectivity index (χ0v) is 23.4. The lowest BCUT2D eigenvalue weighted by atomic mass is 9.97. The number of aliphatic hydroxyl groups excluding tert-OH is 1. The summed E-state index contributed by atoms with van der Waals surface area (Å²) in [7, 11) is -4.09. The highest BCUT2D eigenvalue weighted by Crippen LogP contribution is 2.32. The molecule has 212 valence electrons. The van der Waals surface area contributed by atoms with Gasteiger partial charge in [-0.25, -0.2) is 17.9 Å². The highest BCUT2D eigenvalue weighted by atomic mass is 32.2. The van der Waals surface area contributed by atoms with E-state index in [1.807, 2.05) is 49.4 Å². The van der Waals surface area contributed by atoms with E-state index in [0.29, 0.717) is 24.3 Å². The molecular formula is C31H32N4O5S. The summed E-state index contributed by atoms with van der Waals surface area (Å²) in [5.74, 6) is 0.790. The Morgan fingerprint density at radius 3 is 2.63 bits per heavy atom. The van der Waals surface area contributed by atoms with Crippen molar-refractivity contribution in [1.82, 2.24) is 15.0 Å². The lowest BCUT2D eigenvalue weighted by Crippen LogP contribution is -2.36. The van der Waals surface area contributed by atoms with Crippen molar-refractivity contribution < 1.29 is 23.1 Å². The number of fused-ring (bicyclic) bond motifs is 1. The second kappa shape index (κ2) is 12.5. The van der Waals surface area contributed by atoms with Crippen molar-refractivity contribution in [3.05, 3.63) is 108 Å². The number of amides is 2. The third kappa shape index (κ3) is 7.29. The lowest BCUT2D eigenvalue weighted by molar-refractivity contribution is 0.146. The summed E-state index contributed by atoms with van der Waals surface area (Å²) >= 11 is 0. The summed E-state index contributed by atoms with van der Waals surface area (Å²) in [5.41, 5.74) is 4.89. The molecule has 2 amide bonds. The minimum absolute atomic E-state index is 0.0114. The van der Waals surface area contributed by atoms with Gasteiger partial charge in [-0.05, 0) is 78.9 Å². The van der Waals surface area contributed by atoms with Crippen LogP contribution < -0.4 is 20.1 Å². The number of nitrogens with zero attached hydrogens (tertiary/aromatic N) is 1. The predicted octanol–water partition coefficient (Wildman–Crippen LogP) is 4.58. The molecule has 10 heteroatoms. The van der Waals surface area contributed by atoms with Crippen LogP contribution in [-0.2, 0) is 16.4 Å². The van der Waals surface area contributed by atoms with Crippen LogP contribution in [0.2, 0.25) is 0 Å². The Morgan fingerprint density at radius 2 is 1.85 bits per heavy atom. The first-order chi connectivity index (χ1) is 19.8. The van der Waals surface area contributed by atoms with Crippen LogP contribution in [-0.4, -0.2) is 43.7 Å². The molecule has 1 aliphatic heterocycles. The van der Waals surface area contributed by atoms with Crippen LogP contribution >= 0.6 is 0 Å². The number of nitrogens with one attached hydrogen (secondary N) is 3. The Kier molecular flexibility index (Phi) is 8.63. The van der Waals surface area contributed by atoms with Crippen LogP contribution in [0.1, 0.15) is 29.2 Å². The fraction of sp³-hybridized carbons (Fsp3) is 0.226. The van der Waals surface area contributed by atoms with E-state index in [9.17, 15) is 18.3 Å². The zero-order valence-electron chi connectivity index (χ0n) is 22.6. The van der Waals surface area contributed by atoms with Gasteiger partial charge in [-0.15, -0.1) is 0 Å². The Labute approximate surface area is 239 Å². The first kappa shape index (κ1) is 28.3. The minimum atomic E-state index is -4.09. The van der Waals surface area contributed by atoms with Crippen molar-refractivity contribution in [1.29, 1.82) is 0 Å². The number of carbonyl (C=O) groups is 1. The van der Waals surface area contributed by atoms with Crippen molar-refractivity contribution in [2.75, 3.05) is 18.4 Å². The van der Waals surface area contributed by atoms with Gasteiger partial charge in [0.05, 0.1) is 11.0 Å². The molecular weight excluding hydrogens is 540 g/mol. The maximum absolute atomic E-state index is 12.9. The van der Waals surface area contributed by atoms with Crippen LogP contribution in [0.4, 0.5) is 10.5 Å². The molecule has 0 saturated heterocycles. The Morgan fingerprint density at radius 1 is 1.05 bits per heavy atom. The molecule has 3 aromatic carbocycles. The average Bonchev–Trinajstić information content (AvgIpc) is 2.98. The first-order valence-corrected chi connectivity index (χ1v) is 14.8. The number of urea groups is 1. The van der Waals surface area contributed by atoms with Crippen LogP contribution in [0.3, 0.4) is 0 Å². The fourth-order valence-corrected chi connectivity index (χ4v) is 5.61. The number of benzene rings is 3. The van der Waals surface area contributed by atoms with Gasteiger partial charge in [0.15, 0.2) is 0 Å². The van der Waals surface area contributed by atoms with Gasteiger partial charge in [0, 0.05) is 36.7 Å². The molecule has 5 rings (SSSR count). The van der Waals surface area contributed by atoms with Crippen LogP contribution in [0.15, 0.2) is 96.2 Å². The zero-order chi connectivity index (χ0) is 28.8. The number of pyridine rings is 1. The van der Waals surface area contributed by atoms with E-state index in [1.165, 1.54) is 6.07 Å². The maximum Gasteiger partial charge on any atom is 0.333 e. The first-order valence-electron chi connectivity index (χ1n) is 13.4. The molecule has 1 aromatic heterocycles. The molecule has 0 fully saturated rings. The van der Waals surface area contributed by atoms with E-state index in [2.05, 4.69) is 20.3 Å². The molecule has 4 N–H and O–H groups in total. The molecule has 0 radical (unpaired) electrons. The van der Waals surface area contributed by atoms with Gasteiger partial charge in [-0.2, -0.15) is 0 Å². The van der Waals surface area contributed by atoms with Gasteiger partial charge in [0.2, 0.25) is 0 Å². The van der Waals surface area contributed by atoms with Gasteiger partial charge in [0.25, 0.3) is 10.0 Å². The summed E-state index contributed by atoms with van der Waals surface area (Å²) in [6.45, 7) is 2.92. The van der Waals surface area contributed by atoms with Crippen molar-refractivity contribution >= 4 is 21.7 Å². The number of aryl methyl sites for hydroxylation is 2. The van der Waals surface area contributed by atoms with Crippen molar-refractivity contribution in [3.63, 3.8) is 0 Å². The molecule has 0 bridgehead atoms. The topological polar surface area (TPSA) is 130 Å². The van der Waals surface area contributed by atoms with Crippen molar-refractivity contribution in [2.24, 2.45) is 0 Å². The number of hydrogen-bond acceptors (Lipinski definition) is 7. The third-order valence-electron chi connectivity index (χ3n) is 6.88. The van der Waals surface area contributed by atoms with E-state index < -0.39 is 22.2 Å². The van der Waals surface area contributed by atoms with E-state index in [4.69, 9.17) is 4.74 Å². The van der Waals surface area contributed by atoms with E-state index in [0.717, 1.165) is 40.8 Å². The van der Waals surface area contributed by atoms with Gasteiger partial charge in [-0.1, -0.05) is 42.0 Å². The number of hydrogen-bond donors (Lipinski definition) is 4. The number of ether oxygens (including phenoxy) is 1. The summed E-state index contributed by atoms with van der Waals surface area (Å²) in [6, 6.07) is 22.1. The second-order valence-corrected chi connectivity index (χ2v) is 11.7. The molecule has 0 spiro atoms. The predicted molar refractivity (Wildman–Crippen MR) is 157 cm³/mol. The SMILES string of the molecule is Cc1ccc(NC(=O)NS(=O)(=O)c2cccc(-c3ccc4c(c3)CCC(CNCC(O)c3cccnc3)O4)c2)cc1. The maximum atomic E-state index is 12.9.